The second kappa shape index (κ2) is 6.42. The number of ether oxygens (including phenoxy) is 1. The number of methoxy groups -OCH3 is 1. The van der Waals surface area contributed by atoms with Gasteiger partial charge in [0.2, 0.25) is 5.91 Å². The SMILES string of the molecule is COc1ccc([C@H]2CC(=O)Nc3c2c(C)nn3-c2ccc(Cl)nn2)cc1. The number of carbonyl (C=O) groups is 1. The van der Waals surface area contributed by atoms with Crippen LogP contribution in [-0.2, 0) is 4.79 Å². The first-order valence-corrected chi connectivity index (χ1v) is 8.47. The lowest BCUT2D eigenvalue weighted by molar-refractivity contribution is -0.116. The second-order valence-electron chi connectivity index (χ2n) is 6.05. The predicted octanol–water partition coefficient (Wildman–Crippen LogP) is 3.11. The molecule has 0 unspecified atom stereocenters. The van der Waals surface area contributed by atoms with Gasteiger partial charge in [0.25, 0.3) is 0 Å². The van der Waals surface area contributed by atoms with Gasteiger partial charge in [-0.2, -0.15) is 9.78 Å². The Morgan fingerprint density at radius 3 is 2.62 bits per heavy atom. The molecule has 26 heavy (non-hydrogen) atoms. The highest BCUT2D eigenvalue weighted by Crippen LogP contribution is 2.40. The largest absolute Gasteiger partial charge is 0.497 e. The molecule has 0 aliphatic carbocycles. The third-order valence-corrected chi connectivity index (χ3v) is 4.66. The number of anilines is 1. The molecule has 3 heterocycles. The van der Waals surface area contributed by atoms with E-state index in [1.807, 2.05) is 31.2 Å². The summed E-state index contributed by atoms with van der Waals surface area (Å²) in [5, 5.41) is 15.7. The minimum absolute atomic E-state index is 0.0682. The number of hydrogen-bond acceptors (Lipinski definition) is 5. The molecule has 0 fully saturated rings. The van der Waals surface area contributed by atoms with E-state index >= 15 is 0 Å². The van der Waals surface area contributed by atoms with Gasteiger partial charge in [-0.05, 0) is 36.8 Å². The lowest BCUT2D eigenvalue weighted by Crippen LogP contribution is -2.25. The zero-order valence-corrected chi connectivity index (χ0v) is 15.0. The first-order chi connectivity index (χ1) is 12.6. The van der Waals surface area contributed by atoms with Crippen LogP contribution in [0.15, 0.2) is 36.4 Å². The summed E-state index contributed by atoms with van der Waals surface area (Å²) in [4.78, 5) is 12.3. The van der Waals surface area contributed by atoms with Gasteiger partial charge in [0.1, 0.15) is 11.6 Å². The summed E-state index contributed by atoms with van der Waals surface area (Å²) in [5.74, 6) is 1.74. The number of fused-ring (bicyclic) bond motifs is 1. The van der Waals surface area contributed by atoms with Crippen LogP contribution in [0.1, 0.15) is 29.2 Å². The molecular formula is C18H16ClN5O2. The van der Waals surface area contributed by atoms with E-state index in [4.69, 9.17) is 16.3 Å². The molecule has 8 heteroatoms. The number of benzene rings is 1. The van der Waals surface area contributed by atoms with Crippen molar-refractivity contribution >= 4 is 23.3 Å². The number of amides is 1. The number of hydrogen-bond donors (Lipinski definition) is 1. The van der Waals surface area contributed by atoms with Crippen molar-refractivity contribution < 1.29 is 9.53 Å². The molecule has 0 bridgehead atoms. The molecular weight excluding hydrogens is 354 g/mol. The zero-order chi connectivity index (χ0) is 18.3. The Bertz CT molecular complexity index is 966. The maximum atomic E-state index is 12.3. The maximum Gasteiger partial charge on any atom is 0.226 e. The van der Waals surface area contributed by atoms with E-state index in [0.717, 1.165) is 22.6 Å². The topological polar surface area (TPSA) is 81.9 Å². The van der Waals surface area contributed by atoms with Crippen molar-refractivity contribution in [3.8, 4) is 11.6 Å². The van der Waals surface area contributed by atoms with E-state index in [0.29, 0.717) is 23.2 Å². The number of halogens is 1. The molecule has 3 aromatic rings. The van der Waals surface area contributed by atoms with Crippen LogP contribution in [0.4, 0.5) is 5.82 Å². The first-order valence-electron chi connectivity index (χ1n) is 8.09. The van der Waals surface area contributed by atoms with E-state index in [-0.39, 0.29) is 11.8 Å². The van der Waals surface area contributed by atoms with E-state index < -0.39 is 0 Å². The van der Waals surface area contributed by atoms with Crippen LogP contribution in [0.2, 0.25) is 5.15 Å². The number of aromatic nitrogens is 4. The van der Waals surface area contributed by atoms with Crippen LogP contribution >= 0.6 is 11.6 Å². The van der Waals surface area contributed by atoms with Crippen molar-refractivity contribution in [2.45, 2.75) is 19.3 Å². The van der Waals surface area contributed by atoms with E-state index in [2.05, 4.69) is 20.6 Å². The molecule has 0 saturated heterocycles. The van der Waals surface area contributed by atoms with Gasteiger partial charge < -0.3 is 10.1 Å². The molecule has 132 valence electrons. The molecule has 0 radical (unpaired) electrons. The summed E-state index contributed by atoms with van der Waals surface area (Å²) in [5.41, 5.74) is 2.84. The van der Waals surface area contributed by atoms with Crippen molar-refractivity contribution in [1.82, 2.24) is 20.0 Å². The van der Waals surface area contributed by atoms with Crippen LogP contribution in [-0.4, -0.2) is 33.0 Å². The molecule has 1 aliphatic heterocycles. The molecule has 1 aromatic carbocycles. The first kappa shape index (κ1) is 16.5. The maximum absolute atomic E-state index is 12.3. The van der Waals surface area contributed by atoms with Crippen molar-refractivity contribution in [3.63, 3.8) is 0 Å². The highest BCUT2D eigenvalue weighted by Gasteiger charge is 2.32. The summed E-state index contributed by atoms with van der Waals surface area (Å²) in [6, 6.07) is 11.1. The number of carbonyl (C=O) groups excluding carboxylic acids is 1. The fourth-order valence-electron chi connectivity index (χ4n) is 3.26. The van der Waals surface area contributed by atoms with E-state index in [1.165, 1.54) is 0 Å². The van der Waals surface area contributed by atoms with Crippen molar-refractivity contribution in [2.75, 3.05) is 12.4 Å². The monoisotopic (exact) mass is 369 g/mol. The van der Waals surface area contributed by atoms with Gasteiger partial charge in [0.15, 0.2) is 11.0 Å². The summed E-state index contributed by atoms with van der Waals surface area (Å²) in [7, 11) is 1.63. The van der Waals surface area contributed by atoms with Gasteiger partial charge in [-0.3, -0.25) is 4.79 Å². The number of nitrogens with one attached hydrogen (secondary N) is 1. The number of nitrogens with zero attached hydrogens (tertiary/aromatic N) is 4. The van der Waals surface area contributed by atoms with Crippen LogP contribution in [0, 0.1) is 6.92 Å². The predicted molar refractivity (Wildman–Crippen MR) is 97.0 cm³/mol. The Balaban J connectivity index is 1.82. The van der Waals surface area contributed by atoms with Gasteiger partial charge in [-0.25, -0.2) is 0 Å². The summed E-state index contributed by atoms with van der Waals surface area (Å²) in [6.45, 7) is 1.92. The minimum Gasteiger partial charge on any atom is -0.497 e. The second-order valence-corrected chi connectivity index (χ2v) is 6.44. The van der Waals surface area contributed by atoms with Crippen LogP contribution in [0.5, 0.6) is 5.75 Å². The Morgan fingerprint density at radius 1 is 1.19 bits per heavy atom. The van der Waals surface area contributed by atoms with Gasteiger partial charge >= 0.3 is 0 Å². The van der Waals surface area contributed by atoms with Crippen LogP contribution in [0.25, 0.3) is 5.82 Å². The van der Waals surface area contributed by atoms with Crippen molar-refractivity contribution in [2.24, 2.45) is 0 Å². The van der Waals surface area contributed by atoms with Gasteiger partial charge in [0, 0.05) is 17.9 Å². The molecule has 1 atom stereocenters. The number of rotatable bonds is 3. The average molecular weight is 370 g/mol. The zero-order valence-electron chi connectivity index (χ0n) is 14.2. The Morgan fingerprint density at radius 2 is 1.96 bits per heavy atom. The highest BCUT2D eigenvalue weighted by atomic mass is 35.5. The molecule has 0 spiro atoms. The molecule has 7 nitrogen and oxygen atoms in total. The molecule has 4 rings (SSSR count). The molecule has 1 N–H and O–H groups in total. The summed E-state index contributed by atoms with van der Waals surface area (Å²) < 4.78 is 6.82. The Labute approximate surface area is 155 Å². The van der Waals surface area contributed by atoms with Gasteiger partial charge in [-0.1, -0.05) is 23.7 Å². The number of aryl methyl sites for hydroxylation is 1. The Hall–Kier alpha value is -2.93. The van der Waals surface area contributed by atoms with Crippen LogP contribution < -0.4 is 10.1 Å². The van der Waals surface area contributed by atoms with E-state index in [9.17, 15) is 4.79 Å². The quantitative estimate of drug-likeness (QED) is 0.767. The third-order valence-electron chi connectivity index (χ3n) is 4.46. The van der Waals surface area contributed by atoms with Crippen LogP contribution in [0.3, 0.4) is 0 Å². The van der Waals surface area contributed by atoms with Crippen molar-refractivity contribution in [1.29, 1.82) is 0 Å². The molecule has 2 aromatic heterocycles. The molecule has 0 saturated carbocycles. The minimum atomic E-state index is -0.0846. The smallest absolute Gasteiger partial charge is 0.226 e. The lowest BCUT2D eigenvalue weighted by Gasteiger charge is -2.24. The third kappa shape index (κ3) is 2.80. The van der Waals surface area contributed by atoms with E-state index in [1.54, 1.807) is 23.9 Å². The molecule has 1 amide bonds. The fraction of sp³-hybridized carbons (Fsp3) is 0.222. The standard InChI is InChI=1S/C18H16ClN5O2/c1-10-17-13(11-3-5-12(26-2)6-4-11)9-16(25)20-18(17)24(23-10)15-8-7-14(19)21-22-15/h3-8,13H,9H2,1-2H3,(H,20,25)/t13-/m1/s1. The van der Waals surface area contributed by atoms with Crippen molar-refractivity contribution in [3.05, 3.63) is 58.4 Å². The fourth-order valence-corrected chi connectivity index (χ4v) is 3.36. The molecule has 1 aliphatic rings. The summed E-state index contributed by atoms with van der Waals surface area (Å²) in [6.07, 6.45) is 0.359. The normalized spacial score (nSPS) is 16.1. The lowest BCUT2D eigenvalue weighted by atomic mass is 9.86. The van der Waals surface area contributed by atoms with Gasteiger partial charge in [0.05, 0.1) is 12.8 Å². The highest BCUT2D eigenvalue weighted by molar-refractivity contribution is 6.29. The van der Waals surface area contributed by atoms with Gasteiger partial charge in [-0.15, -0.1) is 10.2 Å². The summed E-state index contributed by atoms with van der Waals surface area (Å²) >= 11 is 5.82. The Kier molecular flexibility index (Phi) is 4.08. The average Bonchev–Trinajstić information content (AvgIpc) is 2.98.